The third-order valence-electron chi connectivity index (χ3n) is 3.80. The van der Waals surface area contributed by atoms with Gasteiger partial charge in [0.25, 0.3) is 0 Å². The highest BCUT2D eigenvalue weighted by Crippen LogP contribution is 2.33. The first-order valence-electron chi connectivity index (χ1n) is 6.63. The zero-order chi connectivity index (χ0) is 12.3. The summed E-state index contributed by atoms with van der Waals surface area (Å²) in [7, 11) is 3.78. The van der Waals surface area contributed by atoms with E-state index in [-0.39, 0.29) is 0 Å². The van der Waals surface area contributed by atoms with E-state index in [1.165, 1.54) is 37.7 Å². The largest absolute Gasteiger partial charge is 0.374 e. The van der Waals surface area contributed by atoms with E-state index in [2.05, 4.69) is 24.3 Å². The van der Waals surface area contributed by atoms with Crippen molar-refractivity contribution in [3.63, 3.8) is 0 Å². The van der Waals surface area contributed by atoms with Gasteiger partial charge in [0, 0.05) is 0 Å². The molecule has 1 saturated carbocycles. The van der Waals surface area contributed by atoms with Crippen LogP contribution in [-0.2, 0) is 0 Å². The molecule has 1 aliphatic carbocycles. The Morgan fingerprint density at radius 2 is 1.65 bits per heavy atom. The van der Waals surface area contributed by atoms with Crippen molar-refractivity contribution >= 4 is 0 Å². The van der Waals surface area contributed by atoms with Crippen LogP contribution in [0.4, 0.5) is 0 Å². The lowest BCUT2D eigenvalue weighted by molar-refractivity contribution is 0.0395. The molecule has 1 aromatic rings. The van der Waals surface area contributed by atoms with Gasteiger partial charge < -0.3 is 5.11 Å². The van der Waals surface area contributed by atoms with E-state index < -0.39 is 6.23 Å². The van der Waals surface area contributed by atoms with Crippen molar-refractivity contribution in [2.75, 3.05) is 14.1 Å². The van der Waals surface area contributed by atoms with E-state index in [1.807, 2.05) is 19.0 Å². The van der Waals surface area contributed by atoms with E-state index in [0.29, 0.717) is 0 Å². The van der Waals surface area contributed by atoms with Crippen LogP contribution in [0.1, 0.15) is 55.4 Å². The van der Waals surface area contributed by atoms with Crippen molar-refractivity contribution in [3.05, 3.63) is 35.4 Å². The molecule has 1 aromatic carbocycles. The van der Waals surface area contributed by atoms with Crippen LogP contribution in [0.2, 0.25) is 0 Å². The second-order valence-electron chi connectivity index (χ2n) is 5.34. The second-order valence-corrected chi connectivity index (χ2v) is 5.34. The molecule has 0 spiro atoms. The highest BCUT2D eigenvalue weighted by atomic mass is 16.3. The van der Waals surface area contributed by atoms with Crippen LogP contribution in [0.3, 0.4) is 0 Å². The molecule has 2 nitrogen and oxygen atoms in total. The van der Waals surface area contributed by atoms with Crippen molar-refractivity contribution in [2.24, 2.45) is 0 Å². The summed E-state index contributed by atoms with van der Waals surface area (Å²) >= 11 is 0. The zero-order valence-electron chi connectivity index (χ0n) is 10.9. The van der Waals surface area contributed by atoms with E-state index in [1.54, 1.807) is 0 Å². The average Bonchev–Trinajstić information content (AvgIpc) is 2.39. The number of nitrogens with zero attached hydrogens (tertiary/aromatic N) is 1. The molecule has 17 heavy (non-hydrogen) atoms. The minimum atomic E-state index is -0.490. The third-order valence-corrected chi connectivity index (χ3v) is 3.80. The topological polar surface area (TPSA) is 23.5 Å². The van der Waals surface area contributed by atoms with E-state index in [9.17, 15) is 5.11 Å². The molecule has 1 atom stereocenters. The van der Waals surface area contributed by atoms with Crippen LogP contribution >= 0.6 is 0 Å². The fourth-order valence-electron chi connectivity index (χ4n) is 2.67. The molecule has 0 bridgehead atoms. The molecule has 2 heteroatoms. The summed E-state index contributed by atoms with van der Waals surface area (Å²) in [6.45, 7) is 0. The van der Waals surface area contributed by atoms with Crippen molar-refractivity contribution in [1.82, 2.24) is 4.90 Å². The lowest BCUT2D eigenvalue weighted by Crippen LogP contribution is -2.19. The first-order chi connectivity index (χ1) is 8.18. The Labute approximate surface area is 104 Å². The van der Waals surface area contributed by atoms with Crippen molar-refractivity contribution < 1.29 is 5.11 Å². The summed E-state index contributed by atoms with van der Waals surface area (Å²) in [6, 6.07) is 8.51. The van der Waals surface area contributed by atoms with Crippen LogP contribution in [0.25, 0.3) is 0 Å². The normalized spacial score (nSPS) is 19.5. The fourth-order valence-corrected chi connectivity index (χ4v) is 2.67. The molecule has 1 N–H and O–H groups in total. The maximum Gasteiger partial charge on any atom is 0.133 e. The molecule has 2 rings (SSSR count). The Bertz CT molecular complexity index is 338. The van der Waals surface area contributed by atoms with Gasteiger partial charge in [-0.3, -0.25) is 4.90 Å². The highest BCUT2D eigenvalue weighted by Gasteiger charge is 2.16. The molecule has 1 aliphatic rings. The minimum absolute atomic E-state index is 0.490. The molecular formula is C15H23NO. The van der Waals surface area contributed by atoms with Crippen LogP contribution in [-0.4, -0.2) is 24.1 Å². The zero-order valence-corrected chi connectivity index (χ0v) is 10.9. The second kappa shape index (κ2) is 5.65. The Balaban J connectivity index is 2.06. The molecule has 0 saturated heterocycles. The first-order valence-corrected chi connectivity index (χ1v) is 6.63. The third kappa shape index (κ3) is 3.08. The van der Waals surface area contributed by atoms with Crippen LogP contribution in [0.15, 0.2) is 24.3 Å². The van der Waals surface area contributed by atoms with Gasteiger partial charge >= 0.3 is 0 Å². The number of rotatable bonds is 3. The van der Waals surface area contributed by atoms with E-state index in [4.69, 9.17) is 0 Å². The Hall–Kier alpha value is -0.860. The van der Waals surface area contributed by atoms with Gasteiger partial charge in [0.05, 0.1) is 0 Å². The summed E-state index contributed by atoms with van der Waals surface area (Å²) in [5.41, 5.74) is 2.42. The lowest BCUT2D eigenvalue weighted by atomic mass is 9.84. The van der Waals surface area contributed by atoms with Gasteiger partial charge in [0.2, 0.25) is 0 Å². The predicted octanol–water partition coefficient (Wildman–Crippen LogP) is 3.29. The van der Waals surface area contributed by atoms with E-state index >= 15 is 0 Å². The molecule has 0 aliphatic heterocycles. The average molecular weight is 233 g/mol. The molecule has 0 radical (unpaired) electrons. The number of hydrogen-bond donors (Lipinski definition) is 1. The fraction of sp³-hybridized carbons (Fsp3) is 0.600. The van der Waals surface area contributed by atoms with Gasteiger partial charge in [-0.05, 0) is 44.0 Å². The molecule has 0 heterocycles. The maximum atomic E-state index is 9.92. The highest BCUT2D eigenvalue weighted by molar-refractivity contribution is 5.26. The van der Waals surface area contributed by atoms with Crippen molar-refractivity contribution in [2.45, 2.75) is 44.2 Å². The lowest BCUT2D eigenvalue weighted by Gasteiger charge is -2.23. The van der Waals surface area contributed by atoms with Gasteiger partial charge in [-0.15, -0.1) is 0 Å². The number of benzene rings is 1. The first kappa shape index (κ1) is 12.6. The van der Waals surface area contributed by atoms with Crippen LogP contribution in [0, 0.1) is 0 Å². The van der Waals surface area contributed by atoms with Crippen molar-refractivity contribution in [3.8, 4) is 0 Å². The number of hydrogen-bond acceptors (Lipinski definition) is 2. The number of aliphatic hydroxyl groups excluding tert-OH is 1. The molecule has 1 fully saturated rings. The summed E-state index contributed by atoms with van der Waals surface area (Å²) in [6.07, 6.45) is 6.30. The Morgan fingerprint density at radius 1 is 1.06 bits per heavy atom. The SMILES string of the molecule is CN(C)C(O)c1ccc(C2CCCCC2)cc1. The smallest absolute Gasteiger partial charge is 0.133 e. The van der Waals surface area contributed by atoms with Crippen molar-refractivity contribution in [1.29, 1.82) is 0 Å². The molecule has 94 valence electrons. The quantitative estimate of drug-likeness (QED) is 0.810. The molecular weight excluding hydrogens is 210 g/mol. The summed E-state index contributed by atoms with van der Waals surface area (Å²) in [5.74, 6) is 0.745. The summed E-state index contributed by atoms with van der Waals surface area (Å²) in [5, 5.41) is 9.92. The van der Waals surface area contributed by atoms with E-state index in [0.717, 1.165) is 11.5 Å². The van der Waals surface area contributed by atoms with Crippen LogP contribution in [0.5, 0.6) is 0 Å². The van der Waals surface area contributed by atoms with Gasteiger partial charge in [-0.25, -0.2) is 0 Å². The molecule has 1 unspecified atom stereocenters. The Kier molecular flexibility index (Phi) is 4.19. The van der Waals surface area contributed by atoms with Crippen LogP contribution < -0.4 is 0 Å². The maximum absolute atomic E-state index is 9.92. The number of aliphatic hydroxyl groups is 1. The van der Waals surface area contributed by atoms with Gasteiger partial charge in [-0.1, -0.05) is 43.5 Å². The minimum Gasteiger partial charge on any atom is -0.374 e. The monoisotopic (exact) mass is 233 g/mol. The summed E-state index contributed by atoms with van der Waals surface area (Å²) in [4.78, 5) is 1.82. The summed E-state index contributed by atoms with van der Waals surface area (Å²) < 4.78 is 0. The van der Waals surface area contributed by atoms with Gasteiger partial charge in [0.1, 0.15) is 6.23 Å². The Morgan fingerprint density at radius 3 is 2.18 bits per heavy atom. The predicted molar refractivity (Wildman–Crippen MR) is 70.9 cm³/mol. The van der Waals surface area contributed by atoms with Gasteiger partial charge in [-0.2, -0.15) is 0 Å². The van der Waals surface area contributed by atoms with Gasteiger partial charge in [0.15, 0.2) is 0 Å². The molecule has 0 amide bonds. The standard InChI is InChI=1S/C15H23NO/c1-16(2)15(17)14-10-8-13(9-11-14)12-6-4-3-5-7-12/h8-12,15,17H,3-7H2,1-2H3. The molecule has 0 aromatic heterocycles.